The van der Waals surface area contributed by atoms with E-state index in [0.717, 1.165) is 6.42 Å². The second-order valence-electron chi connectivity index (χ2n) is 6.60. The van der Waals surface area contributed by atoms with Crippen LogP contribution in [0.2, 0.25) is 0 Å². The van der Waals surface area contributed by atoms with Crippen LogP contribution in [0.5, 0.6) is 0 Å². The Bertz CT molecular complexity index is 958. The Morgan fingerprint density at radius 1 is 0.739 bits per heavy atom. The summed E-state index contributed by atoms with van der Waals surface area (Å²) >= 11 is 1.88. The molecule has 0 saturated heterocycles. The zero-order valence-corrected chi connectivity index (χ0v) is 14.4. The largest absolute Gasteiger partial charge is 0.135 e. The van der Waals surface area contributed by atoms with Gasteiger partial charge in [0.1, 0.15) is 0 Å². The second-order valence-corrected chi connectivity index (χ2v) is 7.69. The third kappa shape index (κ3) is 2.77. The molecular weight excluding hydrogens is 296 g/mol. The highest BCUT2D eigenvalue weighted by molar-refractivity contribution is 7.25. The van der Waals surface area contributed by atoms with Crippen LogP contribution in [-0.4, -0.2) is 0 Å². The summed E-state index contributed by atoms with van der Waals surface area (Å²) in [6.07, 6.45) is 1.15. The smallest absolute Gasteiger partial charge is 0.0361 e. The van der Waals surface area contributed by atoms with Crippen LogP contribution < -0.4 is 0 Å². The van der Waals surface area contributed by atoms with Crippen LogP contribution in [0.15, 0.2) is 66.7 Å². The lowest BCUT2D eigenvalue weighted by molar-refractivity contribution is 0.647. The molecule has 4 rings (SSSR count). The molecule has 1 heterocycles. The van der Waals surface area contributed by atoms with E-state index in [0.29, 0.717) is 5.92 Å². The van der Waals surface area contributed by atoms with E-state index in [1.54, 1.807) is 0 Å². The van der Waals surface area contributed by atoms with E-state index >= 15 is 0 Å². The standard InChI is InChI=1S/C22H20S/c1-15(2)13-16-7-9-17(10-8-16)18-11-12-20-19-5-3-4-6-21(19)23-22(20)14-18/h3-12,14-15H,13H2,1-2H3. The summed E-state index contributed by atoms with van der Waals surface area (Å²) in [5, 5.41) is 2.73. The molecule has 0 amide bonds. The van der Waals surface area contributed by atoms with E-state index < -0.39 is 0 Å². The molecule has 114 valence electrons. The van der Waals surface area contributed by atoms with Crippen LogP contribution in [0.1, 0.15) is 19.4 Å². The van der Waals surface area contributed by atoms with Gasteiger partial charge in [-0.15, -0.1) is 11.3 Å². The van der Waals surface area contributed by atoms with Gasteiger partial charge in [0, 0.05) is 20.2 Å². The van der Waals surface area contributed by atoms with E-state index in [1.165, 1.54) is 36.9 Å². The van der Waals surface area contributed by atoms with Gasteiger partial charge in [-0.1, -0.05) is 68.4 Å². The monoisotopic (exact) mass is 316 g/mol. The van der Waals surface area contributed by atoms with E-state index in [-0.39, 0.29) is 0 Å². The van der Waals surface area contributed by atoms with E-state index in [1.807, 2.05) is 11.3 Å². The third-order valence-corrected chi connectivity index (χ3v) is 5.44. The summed E-state index contributed by atoms with van der Waals surface area (Å²) in [5.74, 6) is 0.704. The van der Waals surface area contributed by atoms with Crippen molar-refractivity contribution in [1.82, 2.24) is 0 Å². The summed E-state index contributed by atoms with van der Waals surface area (Å²) < 4.78 is 2.74. The van der Waals surface area contributed by atoms with Crippen LogP contribution in [0.25, 0.3) is 31.3 Å². The molecule has 0 fully saturated rings. The van der Waals surface area contributed by atoms with Gasteiger partial charge in [-0.25, -0.2) is 0 Å². The van der Waals surface area contributed by atoms with E-state index in [2.05, 4.69) is 80.6 Å². The Morgan fingerprint density at radius 2 is 1.43 bits per heavy atom. The summed E-state index contributed by atoms with van der Waals surface area (Å²) in [4.78, 5) is 0. The van der Waals surface area contributed by atoms with Crippen molar-refractivity contribution in [2.24, 2.45) is 5.92 Å². The van der Waals surface area contributed by atoms with Crippen molar-refractivity contribution in [3.8, 4) is 11.1 Å². The molecule has 0 N–H and O–H groups in total. The van der Waals surface area contributed by atoms with Gasteiger partial charge in [-0.05, 0) is 41.2 Å². The molecule has 4 aromatic rings. The Labute approximate surface area is 141 Å². The molecule has 3 aromatic carbocycles. The molecule has 1 heteroatoms. The van der Waals surface area contributed by atoms with Crippen molar-refractivity contribution in [2.75, 3.05) is 0 Å². The predicted molar refractivity (Wildman–Crippen MR) is 103 cm³/mol. The van der Waals surface area contributed by atoms with Crippen molar-refractivity contribution >= 4 is 31.5 Å². The molecule has 23 heavy (non-hydrogen) atoms. The summed E-state index contributed by atoms with van der Waals surface area (Å²) in [5.41, 5.74) is 4.03. The van der Waals surface area contributed by atoms with Gasteiger partial charge in [0.25, 0.3) is 0 Å². The number of rotatable bonds is 3. The van der Waals surface area contributed by atoms with Gasteiger partial charge in [-0.3, -0.25) is 0 Å². The first-order valence-corrected chi connectivity index (χ1v) is 9.03. The molecule has 1 aromatic heterocycles. The fourth-order valence-electron chi connectivity index (χ4n) is 3.21. The average Bonchev–Trinajstić information content (AvgIpc) is 2.92. The number of hydrogen-bond acceptors (Lipinski definition) is 1. The molecular formula is C22H20S. The van der Waals surface area contributed by atoms with Gasteiger partial charge in [0.05, 0.1) is 0 Å². The first-order valence-electron chi connectivity index (χ1n) is 8.21. The van der Waals surface area contributed by atoms with Crippen molar-refractivity contribution in [2.45, 2.75) is 20.3 Å². The second kappa shape index (κ2) is 5.82. The number of thiophene rings is 1. The van der Waals surface area contributed by atoms with E-state index in [4.69, 9.17) is 0 Å². The SMILES string of the molecule is CC(C)Cc1ccc(-c2ccc3c(c2)sc2ccccc23)cc1. The number of fused-ring (bicyclic) bond motifs is 3. The fraction of sp³-hybridized carbons (Fsp3) is 0.182. The lowest BCUT2D eigenvalue weighted by Gasteiger charge is -2.07. The molecule has 0 bridgehead atoms. The Morgan fingerprint density at radius 3 is 2.22 bits per heavy atom. The predicted octanol–water partition coefficient (Wildman–Crippen LogP) is 6.92. The maximum absolute atomic E-state index is 2.33. The lowest BCUT2D eigenvalue weighted by atomic mass is 9.98. The minimum Gasteiger partial charge on any atom is -0.135 e. The van der Waals surface area contributed by atoms with E-state index in [9.17, 15) is 0 Å². The first-order chi connectivity index (χ1) is 11.2. The van der Waals surface area contributed by atoms with Gasteiger partial charge in [-0.2, -0.15) is 0 Å². The molecule has 0 nitrogen and oxygen atoms in total. The minimum absolute atomic E-state index is 0.704. The highest BCUT2D eigenvalue weighted by atomic mass is 32.1. The minimum atomic E-state index is 0.704. The zero-order valence-electron chi connectivity index (χ0n) is 13.5. The molecule has 0 aliphatic heterocycles. The van der Waals surface area contributed by atoms with Crippen LogP contribution in [-0.2, 0) is 6.42 Å². The maximum atomic E-state index is 2.33. The third-order valence-electron chi connectivity index (χ3n) is 4.31. The van der Waals surface area contributed by atoms with Crippen LogP contribution in [0.4, 0.5) is 0 Å². The van der Waals surface area contributed by atoms with Crippen molar-refractivity contribution in [3.63, 3.8) is 0 Å². The molecule has 0 radical (unpaired) electrons. The van der Waals surface area contributed by atoms with Crippen molar-refractivity contribution < 1.29 is 0 Å². The number of hydrogen-bond donors (Lipinski definition) is 0. The molecule has 0 atom stereocenters. The Balaban J connectivity index is 1.75. The maximum Gasteiger partial charge on any atom is 0.0361 e. The van der Waals surface area contributed by atoms with Crippen LogP contribution in [0, 0.1) is 5.92 Å². The Kier molecular flexibility index (Phi) is 3.66. The summed E-state index contributed by atoms with van der Waals surface area (Å²) in [6, 6.07) is 24.6. The quantitative estimate of drug-likeness (QED) is 0.385. The topological polar surface area (TPSA) is 0 Å². The summed E-state index contributed by atoms with van der Waals surface area (Å²) in [6.45, 7) is 4.53. The number of benzene rings is 3. The Hall–Kier alpha value is -2.12. The average molecular weight is 316 g/mol. The van der Waals surface area contributed by atoms with Crippen LogP contribution >= 0.6 is 11.3 Å². The van der Waals surface area contributed by atoms with Gasteiger partial charge in [0.2, 0.25) is 0 Å². The highest BCUT2D eigenvalue weighted by Crippen LogP contribution is 2.36. The lowest BCUT2D eigenvalue weighted by Crippen LogP contribution is -1.93. The van der Waals surface area contributed by atoms with Gasteiger partial charge >= 0.3 is 0 Å². The van der Waals surface area contributed by atoms with Crippen LogP contribution in [0.3, 0.4) is 0 Å². The normalized spacial score (nSPS) is 11.6. The first kappa shape index (κ1) is 14.5. The zero-order chi connectivity index (χ0) is 15.8. The molecule has 0 aliphatic carbocycles. The van der Waals surface area contributed by atoms with Crippen molar-refractivity contribution in [1.29, 1.82) is 0 Å². The molecule has 0 unspecified atom stereocenters. The van der Waals surface area contributed by atoms with Gasteiger partial charge in [0.15, 0.2) is 0 Å². The summed E-state index contributed by atoms with van der Waals surface area (Å²) in [7, 11) is 0. The van der Waals surface area contributed by atoms with Crippen molar-refractivity contribution in [3.05, 3.63) is 72.3 Å². The highest BCUT2D eigenvalue weighted by Gasteiger charge is 2.06. The molecule has 0 aliphatic rings. The van der Waals surface area contributed by atoms with Gasteiger partial charge < -0.3 is 0 Å². The molecule has 0 spiro atoms. The fourth-order valence-corrected chi connectivity index (χ4v) is 4.36. The molecule has 0 saturated carbocycles.